The van der Waals surface area contributed by atoms with Crippen LogP contribution in [0.1, 0.15) is 48.5 Å². The summed E-state index contributed by atoms with van der Waals surface area (Å²) in [6.07, 6.45) is 5.57. The molecule has 0 spiro atoms. The van der Waals surface area contributed by atoms with Crippen LogP contribution in [0.25, 0.3) is 0 Å². The lowest BCUT2D eigenvalue weighted by Gasteiger charge is -2.36. The molecule has 0 radical (unpaired) electrons. The summed E-state index contributed by atoms with van der Waals surface area (Å²) in [5.74, 6) is -0.358. The molecule has 174 valence electrons. The molecule has 2 aliphatic rings. The van der Waals surface area contributed by atoms with Gasteiger partial charge in [0.05, 0.1) is 5.56 Å². The molecule has 2 heterocycles. The molecule has 1 aliphatic carbocycles. The first-order valence-corrected chi connectivity index (χ1v) is 13.0. The number of benzene rings is 1. The standard InChI is InChI=1S/C22H30ClN5O3S/c1-3-27-15-19(21(29)24-18-6-4-5-7-18)22(25-27)32(30,31)28-12-10-26(11-13-28)20-14-17(23)9-8-16(20)2/h8-9,14-15,18H,3-7,10-13H2,1-2H3,(H,24,29). The number of rotatable bonds is 6. The molecule has 0 bridgehead atoms. The molecule has 1 saturated heterocycles. The van der Waals surface area contributed by atoms with Gasteiger partial charge in [-0.3, -0.25) is 9.48 Å². The SMILES string of the molecule is CCn1cc(C(=O)NC2CCCC2)c(S(=O)(=O)N2CCN(c3cc(Cl)ccc3C)CC2)n1. The lowest BCUT2D eigenvalue weighted by atomic mass is 10.1. The Labute approximate surface area is 194 Å². The van der Waals surface area contributed by atoms with Crippen molar-refractivity contribution in [2.75, 3.05) is 31.1 Å². The van der Waals surface area contributed by atoms with E-state index in [1.807, 2.05) is 32.0 Å². The van der Waals surface area contributed by atoms with E-state index in [0.29, 0.717) is 37.7 Å². The molecule has 10 heteroatoms. The number of hydrogen-bond acceptors (Lipinski definition) is 5. The van der Waals surface area contributed by atoms with Crippen LogP contribution in [0.3, 0.4) is 0 Å². The molecule has 1 aliphatic heterocycles. The molecular formula is C22H30ClN5O3S. The quantitative estimate of drug-likeness (QED) is 0.688. The Balaban J connectivity index is 1.53. The summed E-state index contributed by atoms with van der Waals surface area (Å²) in [5, 5.41) is 7.77. The zero-order chi connectivity index (χ0) is 22.9. The monoisotopic (exact) mass is 479 g/mol. The summed E-state index contributed by atoms with van der Waals surface area (Å²) in [4.78, 5) is 15.1. The van der Waals surface area contributed by atoms with Crippen LogP contribution in [0.2, 0.25) is 5.02 Å². The van der Waals surface area contributed by atoms with Crippen LogP contribution in [0.15, 0.2) is 29.4 Å². The van der Waals surface area contributed by atoms with Gasteiger partial charge >= 0.3 is 0 Å². The van der Waals surface area contributed by atoms with Crippen LogP contribution in [-0.2, 0) is 16.6 Å². The van der Waals surface area contributed by atoms with Gasteiger partial charge in [-0.15, -0.1) is 0 Å². The van der Waals surface area contributed by atoms with E-state index >= 15 is 0 Å². The van der Waals surface area contributed by atoms with E-state index in [9.17, 15) is 13.2 Å². The lowest BCUT2D eigenvalue weighted by Crippen LogP contribution is -2.49. The Morgan fingerprint density at radius 3 is 2.53 bits per heavy atom. The third-order valence-electron chi connectivity index (χ3n) is 6.32. The number of aryl methyl sites for hydroxylation is 2. The Kier molecular flexibility index (Phi) is 6.78. The van der Waals surface area contributed by atoms with Gasteiger partial charge in [0.15, 0.2) is 0 Å². The maximum Gasteiger partial charge on any atom is 0.263 e. The van der Waals surface area contributed by atoms with E-state index in [1.165, 1.54) is 8.99 Å². The Morgan fingerprint density at radius 1 is 1.19 bits per heavy atom. The zero-order valence-corrected chi connectivity index (χ0v) is 20.1. The number of halogens is 1. The first kappa shape index (κ1) is 23.1. The van der Waals surface area contributed by atoms with Crippen molar-refractivity contribution in [1.82, 2.24) is 19.4 Å². The zero-order valence-electron chi connectivity index (χ0n) is 18.6. The van der Waals surface area contributed by atoms with Crippen molar-refractivity contribution in [3.63, 3.8) is 0 Å². The van der Waals surface area contributed by atoms with Gasteiger partial charge in [0.2, 0.25) is 5.03 Å². The van der Waals surface area contributed by atoms with Gasteiger partial charge in [0.25, 0.3) is 15.9 Å². The highest BCUT2D eigenvalue weighted by Gasteiger charge is 2.35. The number of hydrogen-bond donors (Lipinski definition) is 1. The molecule has 1 saturated carbocycles. The minimum Gasteiger partial charge on any atom is -0.369 e. The van der Waals surface area contributed by atoms with Gasteiger partial charge in [-0.05, 0) is 44.4 Å². The highest BCUT2D eigenvalue weighted by Crippen LogP contribution is 2.27. The number of anilines is 1. The average Bonchev–Trinajstić information content (AvgIpc) is 3.45. The van der Waals surface area contributed by atoms with Crippen molar-refractivity contribution in [2.45, 2.75) is 57.1 Å². The van der Waals surface area contributed by atoms with Crippen LogP contribution in [0.5, 0.6) is 0 Å². The molecule has 1 amide bonds. The summed E-state index contributed by atoms with van der Waals surface area (Å²) in [6, 6.07) is 5.83. The van der Waals surface area contributed by atoms with Crippen molar-refractivity contribution in [3.05, 3.63) is 40.5 Å². The van der Waals surface area contributed by atoms with Gasteiger partial charge < -0.3 is 10.2 Å². The first-order chi connectivity index (χ1) is 15.3. The third kappa shape index (κ3) is 4.65. The van der Waals surface area contributed by atoms with Crippen molar-refractivity contribution in [3.8, 4) is 0 Å². The second-order valence-corrected chi connectivity index (χ2v) is 10.8. The Morgan fingerprint density at radius 2 is 1.88 bits per heavy atom. The first-order valence-electron chi connectivity index (χ1n) is 11.2. The number of carbonyl (C=O) groups excluding carboxylic acids is 1. The Hall–Kier alpha value is -2.10. The molecule has 8 nitrogen and oxygen atoms in total. The van der Waals surface area contributed by atoms with E-state index in [1.54, 1.807) is 6.20 Å². The largest absolute Gasteiger partial charge is 0.369 e. The van der Waals surface area contributed by atoms with Gasteiger partial charge in [-0.1, -0.05) is 30.5 Å². The van der Waals surface area contributed by atoms with Crippen LogP contribution < -0.4 is 10.2 Å². The maximum absolute atomic E-state index is 13.5. The number of sulfonamides is 1. The van der Waals surface area contributed by atoms with E-state index in [4.69, 9.17) is 11.6 Å². The summed E-state index contributed by atoms with van der Waals surface area (Å²) in [6.45, 7) is 6.08. The molecular weight excluding hydrogens is 450 g/mol. The van der Waals surface area contributed by atoms with Crippen molar-refractivity contribution in [2.24, 2.45) is 0 Å². The summed E-state index contributed by atoms with van der Waals surface area (Å²) in [7, 11) is -3.90. The number of nitrogens with zero attached hydrogens (tertiary/aromatic N) is 4. The van der Waals surface area contributed by atoms with E-state index < -0.39 is 10.0 Å². The predicted octanol–water partition coefficient (Wildman–Crippen LogP) is 3.05. The number of nitrogens with one attached hydrogen (secondary N) is 1. The number of piperazine rings is 1. The maximum atomic E-state index is 13.5. The lowest BCUT2D eigenvalue weighted by molar-refractivity contribution is 0.0934. The third-order valence-corrected chi connectivity index (χ3v) is 8.39. The van der Waals surface area contributed by atoms with Crippen LogP contribution in [-0.4, -0.2) is 60.6 Å². The van der Waals surface area contributed by atoms with Crippen LogP contribution >= 0.6 is 11.6 Å². The number of carbonyl (C=O) groups is 1. The van der Waals surface area contributed by atoms with Crippen LogP contribution in [0.4, 0.5) is 5.69 Å². The van der Waals surface area contributed by atoms with Gasteiger partial charge in [-0.2, -0.15) is 9.40 Å². The smallest absolute Gasteiger partial charge is 0.263 e. The van der Waals surface area contributed by atoms with Crippen molar-refractivity contribution >= 4 is 33.2 Å². The fraction of sp³-hybridized carbons (Fsp3) is 0.545. The fourth-order valence-corrected chi connectivity index (χ4v) is 6.15. The molecule has 4 rings (SSSR count). The summed E-state index contributed by atoms with van der Waals surface area (Å²) < 4.78 is 29.9. The number of amides is 1. The average molecular weight is 480 g/mol. The molecule has 1 aromatic carbocycles. The second-order valence-electron chi connectivity index (χ2n) is 8.48. The number of aromatic nitrogens is 2. The van der Waals surface area contributed by atoms with Gasteiger partial charge in [-0.25, -0.2) is 8.42 Å². The van der Waals surface area contributed by atoms with E-state index in [0.717, 1.165) is 36.9 Å². The van der Waals surface area contributed by atoms with Crippen molar-refractivity contribution < 1.29 is 13.2 Å². The molecule has 0 unspecified atom stereocenters. The normalized spacial score (nSPS) is 18.3. The van der Waals surface area contributed by atoms with Gasteiger partial charge in [0, 0.05) is 55.7 Å². The second kappa shape index (κ2) is 9.41. The molecule has 32 heavy (non-hydrogen) atoms. The van der Waals surface area contributed by atoms with Crippen molar-refractivity contribution in [1.29, 1.82) is 0 Å². The van der Waals surface area contributed by atoms with Crippen LogP contribution in [0, 0.1) is 6.92 Å². The van der Waals surface area contributed by atoms with E-state index in [-0.39, 0.29) is 22.5 Å². The Bertz CT molecular complexity index is 1090. The highest BCUT2D eigenvalue weighted by molar-refractivity contribution is 7.89. The highest BCUT2D eigenvalue weighted by atomic mass is 35.5. The molecule has 2 aromatic rings. The molecule has 0 atom stereocenters. The molecule has 1 N–H and O–H groups in total. The minimum atomic E-state index is -3.90. The molecule has 1 aromatic heterocycles. The fourth-order valence-electron chi connectivity index (χ4n) is 4.46. The van der Waals surface area contributed by atoms with Gasteiger partial charge in [0.1, 0.15) is 0 Å². The van der Waals surface area contributed by atoms with E-state index in [2.05, 4.69) is 15.3 Å². The predicted molar refractivity (Wildman–Crippen MR) is 125 cm³/mol. The topological polar surface area (TPSA) is 87.5 Å². The summed E-state index contributed by atoms with van der Waals surface area (Å²) >= 11 is 6.16. The summed E-state index contributed by atoms with van der Waals surface area (Å²) in [5.41, 5.74) is 2.24. The minimum absolute atomic E-state index is 0.104. The molecule has 2 fully saturated rings.